The molecule has 7 rings (SSSR count). The molecule has 3 aliphatic carbocycles. The van der Waals surface area contributed by atoms with Gasteiger partial charge in [-0.15, -0.1) is 24.0 Å². The number of alkyl halides is 4. The van der Waals surface area contributed by atoms with Crippen LogP contribution in [0.15, 0.2) is 18.2 Å². The van der Waals surface area contributed by atoms with Gasteiger partial charge >= 0.3 is 6.09 Å². The van der Waals surface area contributed by atoms with Crippen LogP contribution in [0.3, 0.4) is 0 Å². The zero-order valence-corrected chi connectivity index (χ0v) is 38.1. The number of fused-ring (bicyclic) bond motifs is 5. The van der Waals surface area contributed by atoms with E-state index < -0.39 is 135 Å². The van der Waals surface area contributed by atoms with E-state index in [1.807, 2.05) is 4.72 Å². The monoisotopic (exact) mass is 995 g/mol. The lowest BCUT2D eigenvalue weighted by atomic mass is 9.84. The second kappa shape index (κ2) is 16.9. The Morgan fingerprint density at radius 3 is 2.38 bits per heavy atom. The molecule has 3 amide bonds. The number of carbonyl (C=O) groups is 4. The van der Waals surface area contributed by atoms with Crippen LogP contribution in [0, 0.1) is 28.6 Å². The number of rotatable bonds is 9. The highest BCUT2D eigenvalue weighted by atomic mass is 127. The third kappa shape index (κ3) is 9.25. The minimum Gasteiger partial charge on any atom is -0.497 e. The minimum atomic E-state index is -4.27. The summed E-state index contributed by atoms with van der Waals surface area (Å²) in [5.74, 6) is -9.22. The summed E-state index contributed by atoms with van der Waals surface area (Å²) >= 11 is 0. The quantitative estimate of drug-likeness (QED) is 0.202. The highest BCUT2D eigenvalue weighted by Gasteiger charge is 2.67. The largest absolute Gasteiger partial charge is 0.497 e. The molecule has 0 radical (unpaired) electrons. The Kier molecular flexibility index (Phi) is 13.0. The summed E-state index contributed by atoms with van der Waals surface area (Å²) in [5.41, 5.74) is -3.52. The number of sulfonamides is 1. The molecule has 1 aromatic heterocycles. The van der Waals surface area contributed by atoms with Crippen molar-refractivity contribution in [1.82, 2.24) is 24.9 Å². The fourth-order valence-electron chi connectivity index (χ4n) is 8.80. The summed E-state index contributed by atoms with van der Waals surface area (Å²) in [6.07, 6.45) is -5.40. The molecule has 2 aromatic rings. The van der Waals surface area contributed by atoms with E-state index in [0.717, 1.165) is 4.90 Å². The first kappa shape index (κ1) is 46.9. The second-order valence-electron chi connectivity index (χ2n) is 18.6. The normalized spacial score (nSPS) is 30.9. The van der Waals surface area contributed by atoms with Gasteiger partial charge in [0.25, 0.3) is 5.92 Å². The van der Waals surface area contributed by atoms with Crippen LogP contribution in [0.4, 0.5) is 22.4 Å². The first-order valence-corrected chi connectivity index (χ1v) is 22.1. The van der Waals surface area contributed by atoms with Crippen LogP contribution in [0.25, 0.3) is 11.0 Å². The van der Waals surface area contributed by atoms with Gasteiger partial charge in [0, 0.05) is 30.7 Å². The maximum Gasteiger partial charge on any atom is 0.408 e. The predicted molar refractivity (Wildman–Crippen MR) is 223 cm³/mol. The molecule has 4 fully saturated rings. The molecule has 8 atom stereocenters. The molecule has 1 unspecified atom stereocenters. The van der Waals surface area contributed by atoms with Crippen molar-refractivity contribution < 1.29 is 59.4 Å². The minimum absolute atomic E-state index is 0. The zero-order valence-electron chi connectivity index (χ0n) is 35.0. The molecule has 61 heavy (non-hydrogen) atoms. The van der Waals surface area contributed by atoms with Gasteiger partial charge in [0.05, 0.1) is 40.9 Å². The number of Topliss-reactive ketones (excluding diaryl/α,β-unsaturated/α-hetero) is 1. The maximum absolute atomic E-state index is 16.4. The second-order valence-corrected chi connectivity index (χ2v) is 20.8. The number of hydrogen-bond donors (Lipinski definition) is 2. The SMILES string of the molecule is CC[C@@H]1[C@@H]2CN(C(=O)[C@H](C(C)(C)C)NC(=O)O[C@@H]3CC3CCCCC(F)(F)c3nc4ccc(OC)cc4nc3O2)[C@@H]1C(=O)C[C@]1(C(=O)NS(=O)(=O)C2(C)CC2)C[C@H]1C(F)F.I. The molecule has 2 N–H and O–H groups in total. The van der Waals surface area contributed by atoms with Gasteiger partial charge in [-0.2, -0.15) is 8.78 Å². The van der Waals surface area contributed by atoms with Crippen molar-refractivity contribution in [1.29, 1.82) is 0 Å². The summed E-state index contributed by atoms with van der Waals surface area (Å²) in [6.45, 7) is 7.76. The standard InChI is InChI=1S/C41H53F4N5O9S.HI/c1-7-23-29-20-50(30(23)27(51)19-40(18-24(40)33(42)43)36(53)49-60(55,56)39(5)14-15-39)35(52)32(38(2,3)4)48-37(54)59-28-16-21(28)10-8-9-13-41(44,45)31-34(58-29)47-26-17-22(57-6)11-12-25(26)46-31;/h11-12,17,21,23-24,28-30,32-33H,7-10,13-16,18-20H2,1-6H3,(H,48,54)(H,49,53);1H/t21?,23-,24+,28-,29+,30+,32-,40-;/m1./s1. The number of amides is 3. The van der Waals surface area contributed by atoms with Crippen LogP contribution in [0.5, 0.6) is 11.6 Å². The van der Waals surface area contributed by atoms with Crippen LogP contribution in [0.1, 0.15) is 105 Å². The summed E-state index contributed by atoms with van der Waals surface area (Å²) in [4.78, 5) is 66.6. The van der Waals surface area contributed by atoms with Crippen molar-refractivity contribution in [2.45, 2.75) is 140 Å². The van der Waals surface area contributed by atoms with E-state index in [-0.39, 0.29) is 66.6 Å². The number of alkyl carbamates (subject to hydrolysis) is 1. The number of ether oxygens (including phenoxy) is 3. The Morgan fingerprint density at radius 2 is 1.77 bits per heavy atom. The molecule has 14 nitrogen and oxygen atoms in total. The van der Waals surface area contributed by atoms with Gasteiger partial charge in [-0.3, -0.25) is 19.1 Å². The van der Waals surface area contributed by atoms with E-state index in [0.29, 0.717) is 25.0 Å². The molecule has 2 bridgehead atoms. The Balaban J connectivity index is 0.00000622. The number of aromatic nitrogens is 2. The number of halogens is 5. The number of nitrogens with zero attached hydrogens (tertiary/aromatic N) is 3. The maximum atomic E-state index is 16.4. The lowest BCUT2D eigenvalue weighted by Crippen LogP contribution is -2.57. The van der Waals surface area contributed by atoms with Crippen LogP contribution in [0.2, 0.25) is 0 Å². The predicted octanol–water partition coefficient (Wildman–Crippen LogP) is 6.67. The van der Waals surface area contributed by atoms with Crippen molar-refractivity contribution in [2.24, 2.45) is 28.6 Å². The Bertz CT molecular complexity index is 2170. The average molecular weight is 996 g/mol. The molecule has 3 saturated carbocycles. The summed E-state index contributed by atoms with van der Waals surface area (Å²) in [5, 5.41) is 2.68. The van der Waals surface area contributed by atoms with Crippen LogP contribution in [-0.2, 0) is 35.1 Å². The van der Waals surface area contributed by atoms with Crippen molar-refractivity contribution >= 4 is 68.7 Å². The Labute approximate surface area is 369 Å². The topological polar surface area (TPSA) is 183 Å². The molecule has 3 heterocycles. The molecule has 2 aliphatic heterocycles. The van der Waals surface area contributed by atoms with Gasteiger partial charge in [-0.1, -0.05) is 34.1 Å². The number of benzene rings is 1. The Morgan fingerprint density at radius 1 is 1.07 bits per heavy atom. The van der Waals surface area contributed by atoms with E-state index in [1.54, 1.807) is 33.8 Å². The van der Waals surface area contributed by atoms with Gasteiger partial charge < -0.3 is 24.4 Å². The summed E-state index contributed by atoms with van der Waals surface area (Å²) in [7, 11) is -2.85. The molecule has 1 aromatic carbocycles. The third-order valence-electron chi connectivity index (χ3n) is 13.1. The van der Waals surface area contributed by atoms with E-state index in [4.69, 9.17) is 14.2 Å². The molecule has 1 saturated heterocycles. The first-order valence-electron chi connectivity index (χ1n) is 20.6. The van der Waals surface area contributed by atoms with Gasteiger partial charge in [0.15, 0.2) is 11.5 Å². The molecule has 338 valence electrons. The number of ketones is 1. The number of hydrogen-bond acceptors (Lipinski definition) is 11. The lowest BCUT2D eigenvalue weighted by Gasteiger charge is -2.36. The first-order chi connectivity index (χ1) is 28.0. The zero-order chi connectivity index (χ0) is 43.7. The van der Waals surface area contributed by atoms with Gasteiger partial charge in [0.2, 0.25) is 34.1 Å². The van der Waals surface area contributed by atoms with E-state index >= 15 is 8.78 Å². The molecule has 20 heteroatoms. The summed E-state index contributed by atoms with van der Waals surface area (Å²) < 4.78 is 106. The third-order valence-corrected chi connectivity index (χ3v) is 15.3. The molecular weight excluding hydrogens is 941 g/mol. The number of nitrogens with one attached hydrogen (secondary N) is 2. The van der Waals surface area contributed by atoms with E-state index in [2.05, 4.69) is 15.3 Å². The Hall–Kier alpha value is -3.56. The van der Waals surface area contributed by atoms with E-state index in [1.165, 1.54) is 26.2 Å². The van der Waals surface area contributed by atoms with Gasteiger partial charge in [-0.25, -0.2) is 32.0 Å². The average Bonchev–Trinajstić information content (AvgIpc) is 4.12. The van der Waals surface area contributed by atoms with E-state index in [9.17, 15) is 36.4 Å². The fourth-order valence-corrected chi connectivity index (χ4v) is 10.1. The number of carbonyl (C=O) groups excluding carboxylic acids is 4. The highest BCUT2D eigenvalue weighted by molar-refractivity contribution is 14.0. The van der Waals surface area contributed by atoms with Gasteiger partial charge in [0.1, 0.15) is 24.0 Å². The lowest BCUT2D eigenvalue weighted by molar-refractivity contribution is -0.143. The number of methoxy groups -OCH3 is 1. The van der Waals surface area contributed by atoms with Crippen molar-refractivity contribution in [3.8, 4) is 11.6 Å². The van der Waals surface area contributed by atoms with Crippen molar-refractivity contribution in [2.75, 3.05) is 13.7 Å². The molecule has 0 spiro atoms. The van der Waals surface area contributed by atoms with Gasteiger partial charge in [-0.05, 0) is 75.3 Å². The highest BCUT2D eigenvalue weighted by Crippen LogP contribution is 2.59. The fraction of sp³-hybridized carbons (Fsp3) is 0.707. The molecular formula is C41H54F4IN5O9S. The smallest absolute Gasteiger partial charge is 0.408 e. The van der Waals surface area contributed by atoms with Crippen LogP contribution < -0.4 is 19.5 Å². The van der Waals surface area contributed by atoms with Crippen LogP contribution >= 0.6 is 24.0 Å². The molecule has 5 aliphatic rings. The van der Waals surface area contributed by atoms with Crippen LogP contribution in [-0.4, -0.2) is 96.1 Å². The summed E-state index contributed by atoms with van der Waals surface area (Å²) in [6, 6.07) is 1.75. The van der Waals surface area contributed by atoms with Crippen molar-refractivity contribution in [3.05, 3.63) is 23.9 Å². The van der Waals surface area contributed by atoms with Crippen molar-refractivity contribution in [3.63, 3.8) is 0 Å².